The zero-order chi connectivity index (χ0) is 10.6. The van der Waals surface area contributed by atoms with Gasteiger partial charge in [-0.25, -0.2) is 0 Å². The Labute approximate surface area is 86.6 Å². The number of nitrogens with zero attached hydrogens (tertiary/aromatic N) is 1. The van der Waals surface area contributed by atoms with Crippen LogP contribution >= 0.6 is 0 Å². The van der Waals surface area contributed by atoms with Crippen LogP contribution in [0.4, 0.5) is 0 Å². The van der Waals surface area contributed by atoms with Crippen molar-refractivity contribution in [3.8, 4) is 0 Å². The lowest BCUT2D eigenvalue weighted by Gasteiger charge is -1.99. The lowest BCUT2D eigenvalue weighted by molar-refractivity contribution is -0.140. The van der Waals surface area contributed by atoms with E-state index in [1.54, 1.807) is 7.05 Å². The first-order valence-corrected chi connectivity index (χ1v) is 5.28. The summed E-state index contributed by atoms with van der Waals surface area (Å²) in [5, 5.41) is 0. The van der Waals surface area contributed by atoms with Gasteiger partial charge in [0.2, 0.25) is 0 Å². The molecule has 0 rings (SSSR count). The average molecular weight is 199 g/mol. The maximum atomic E-state index is 10.7. The van der Waals surface area contributed by atoms with Crippen molar-refractivity contribution >= 4 is 12.2 Å². The molecule has 3 nitrogen and oxygen atoms in total. The van der Waals surface area contributed by atoms with Crippen LogP contribution in [0, 0.1) is 0 Å². The SMILES string of the molecule is CN=CCCCCCCCC(=O)OC. The van der Waals surface area contributed by atoms with Crippen LogP contribution in [-0.2, 0) is 9.53 Å². The second-order valence-electron chi connectivity index (χ2n) is 3.32. The summed E-state index contributed by atoms with van der Waals surface area (Å²) in [4.78, 5) is 14.7. The van der Waals surface area contributed by atoms with Crippen LogP contribution in [0.25, 0.3) is 0 Å². The van der Waals surface area contributed by atoms with E-state index in [1.165, 1.54) is 26.4 Å². The molecule has 3 heteroatoms. The van der Waals surface area contributed by atoms with Crippen LogP contribution < -0.4 is 0 Å². The Bertz CT molecular complexity index is 167. The molecule has 0 bridgehead atoms. The summed E-state index contributed by atoms with van der Waals surface area (Å²) in [5.74, 6) is -0.0943. The Morgan fingerprint density at radius 3 is 2.50 bits per heavy atom. The molecule has 0 spiro atoms. The quantitative estimate of drug-likeness (QED) is 0.342. The molecule has 0 unspecified atom stereocenters. The van der Waals surface area contributed by atoms with Crippen molar-refractivity contribution < 1.29 is 9.53 Å². The predicted octanol–water partition coefficient (Wildman–Crippen LogP) is 2.59. The number of esters is 1. The number of rotatable bonds is 8. The fraction of sp³-hybridized carbons (Fsp3) is 0.818. The van der Waals surface area contributed by atoms with E-state index in [0.717, 1.165) is 19.3 Å². The van der Waals surface area contributed by atoms with Crippen LogP contribution in [0.15, 0.2) is 4.99 Å². The Morgan fingerprint density at radius 1 is 1.21 bits per heavy atom. The molecule has 0 aliphatic rings. The van der Waals surface area contributed by atoms with Crippen molar-refractivity contribution in [2.75, 3.05) is 14.2 Å². The van der Waals surface area contributed by atoms with Crippen molar-refractivity contribution in [1.82, 2.24) is 0 Å². The average Bonchev–Trinajstić information content (AvgIpc) is 2.21. The van der Waals surface area contributed by atoms with Gasteiger partial charge < -0.3 is 9.73 Å². The molecule has 0 N–H and O–H groups in total. The van der Waals surface area contributed by atoms with Gasteiger partial charge in [-0.3, -0.25) is 4.79 Å². The van der Waals surface area contributed by atoms with Gasteiger partial charge in [-0.05, 0) is 25.5 Å². The Morgan fingerprint density at radius 2 is 1.86 bits per heavy atom. The standard InChI is InChI=1S/C11H21NO2/c1-12-10-8-6-4-3-5-7-9-11(13)14-2/h10H,3-9H2,1-2H3. The molecular weight excluding hydrogens is 178 g/mol. The minimum Gasteiger partial charge on any atom is -0.469 e. The Balaban J connectivity index is 3.02. The first-order valence-electron chi connectivity index (χ1n) is 5.28. The van der Waals surface area contributed by atoms with Gasteiger partial charge in [-0.2, -0.15) is 0 Å². The van der Waals surface area contributed by atoms with Crippen LogP contribution in [0.2, 0.25) is 0 Å². The minimum absolute atomic E-state index is 0.0943. The number of hydrogen-bond donors (Lipinski definition) is 0. The third-order valence-electron chi connectivity index (χ3n) is 2.12. The van der Waals surface area contributed by atoms with Gasteiger partial charge in [0.1, 0.15) is 0 Å². The van der Waals surface area contributed by atoms with Crippen molar-refractivity contribution in [2.24, 2.45) is 4.99 Å². The zero-order valence-electron chi connectivity index (χ0n) is 9.29. The van der Waals surface area contributed by atoms with Crippen molar-refractivity contribution in [1.29, 1.82) is 0 Å². The summed E-state index contributed by atoms with van der Waals surface area (Å²) in [6, 6.07) is 0. The molecule has 0 saturated carbocycles. The van der Waals surface area contributed by atoms with Gasteiger partial charge in [-0.1, -0.05) is 19.3 Å². The maximum absolute atomic E-state index is 10.7. The van der Waals surface area contributed by atoms with Crippen molar-refractivity contribution in [2.45, 2.75) is 44.9 Å². The number of carbonyl (C=O) groups is 1. The van der Waals surface area contributed by atoms with Gasteiger partial charge >= 0.3 is 5.97 Å². The molecule has 82 valence electrons. The highest BCUT2D eigenvalue weighted by molar-refractivity contribution is 5.68. The molecule has 0 aromatic carbocycles. The molecule has 0 aromatic rings. The number of ether oxygens (including phenoxy) is 1. The fourth-order valence-electron chi connectivity index (χ4n) is 1.27. The van der Waals surface area contributed by atoms with Crippen LogP contribution in [0.5, 0.6) is 0 Å². The summed E-state index contributed by atoms with van der Waals surface area (Å²) >= 11 is 0. The number of hydrogen-bond acceptors (Lipinski definition) is 3. The van der Waals surface area contributed by atoms with Gasteiger partial charge in [0.05, 0.1) is 7.11 Å². The fourth-order valence-corrected chi connectivity index (χ4v) is 1.27. The Hall–Kier alpha value is -0.860. The third-order valence-corrected chi connectivity index (χ3v) is 2.12. The number of methoxy groups -OCH3 is 1. The van der Waals surface area contributed by atoms with Gasteiger partial charge in [0.25, 0.3) is 0 Å². The summed E-state index contributed by atoms with van der Waals surface area (Å²) < 4.78 is 4.55. The van der Waals surface area contributed by atoms with E-state index < -0.39 is 0 Å². The summed E-state index contributed by atoms with van der Waals surface area (Å²) in [5.41, 5.74) is 0. The highest BCUT2D eigenvalue weighted by atomic mass is 16.5. The van der Waals surface area contributed by atoms with Crippen molar-refractivity contribution in [3.63, 3.8) is 0 Å². The van der Waals surface area contributed by atoms with Crippen LogP contribution in [0.1, 0.15) is 44.9 Å². The zero-order valence-corrected chi connectivity index (χ0v) is 9.29. The molecule has 0 aliphatic carbocycles. The molecule has 0 radical (unpaired) electrons. The van der Waals surface area contributed by atoms with E-state index in [2.05, 4.69) is 9.73 Å². The molecule has 0 heterocycles. The van der Waals surface area contributed by atoms with Crippen LogP contribution in [-0.4, -0.2) is 26.3 Å². The van der Waals surface area contributed by atoms with Gasteiger partial charge in [0.15, 0.2) is 0 Å². The normalized spacial score (nSPS) is 10.7. The molecule has 0 atom stereocenters. The monoisotopic (exact) mass is 199 g/mol. The van der Waals surface area contributed by atoms with E-state index in [1.807, 2.05) is 6.21 Å². The highest BCUT2D eigenvalue weighted by Crippen LogP contribution is 2.06. The van der Waals surface area contributed by atoms with E-state index in [4.69, 9.17) is 0 Å². The lowest BCUT2D eigenvalue weighted by Crippen LogP contribution is -1.99. The Kier molecular flexibility index (Phi) is 9.59. The molecule has 0 aromatic heterocycles. The highest BCUT2D eigenvalue weighted by Gasteiger charge is 1.98. The summed E-state index contributed by atoms with van der Waals surface area (Å²) in [6.45, 7) is 0. The molecule has 14 heavy (non-hydrogen) atoms. The van der Waals surface area contributed by atoms with Gasteiger partial charge in [0, 0.05) is 13.5 Å². The molecule has 0 fully saturated rings. The second kappa shape index (κ2) is 10.2. The van der Waals surface area contributed by atoms with E-state index in [0.29, 0.717) is 6.42 Å². The lowest BCUT2D eigenvalue weighted by atomic mass is 10.1. The minimum atomic E-state index is -0.0943. The number of carbonyl (C=O) groups excluding carboxylic acids is 1. The molecule has 0 amide bonds. The summed E-state index contributed by atoms with van der Waals surface area (Å²) in [7, 11) is 3.24. The van der Waals surface area contributed by atoms with E-state index in [-0.39, 0.29) is 5.97 Å². The first kappa shape index (κ1) is 13.1. The largest absolute Gasteiger partial charge is 0.469 e. The number of aliphatic imine (C=N–C) groups is 1. The smallest absolute Gasteiger partial charge is 0.305 e. The van der Waals surface area contributed by atoms with E-state index >= 15 is 0 Å². The van der Waals surface area contributed by atoms with Crippen LogP contribution in [0.3, 0.4) is 0 Å². The third kappa shape index (κ3) is 9.23. The van der Waals surface area contributed by atoms with Crippen molar-refractivity contribution in [3.05, 3.63) is 0 Å². The molecule has 0 saturated heterocycles. The van der Waals surface area contributed by atoms with E-state index in [9.17, 15) is 4.79 Å². The molecule has 0 aliphatic heterocycles. The molecular formula is C11H21NO2. The first-order chi connectivity index (χ1) is 6.81. The van der Waals surface area contributed by atoms with Gasteiger partial charge in [-0.15, -0.1) is 0 Å². The predicted molar refractivity (Wildman–Crippen MR) is 58.8 cm³/mol. The maximum Gasteiger partial charge on any atom is 0.305 e. The summed E-state index contributed by atoms with van der Waals surface area (Å²) in [6.07, 6.45) is 9.30. The topological polar surface area (TPSA) is 38.7 Å². The second-order valence-corrected chi connectivity index (χ2v) is 3.32. The number of unbranched alkanes of at least 4 members (excludes halogenated alkanes) is 5.